The molecular formula is C9H14ClIN2O2S. The van der Waals surface area contributed by atoms with Crippen LogP contribution in [0.25, 0.3) is 0 Å². The van der Waals surface area contributed by atoms with Crippen molar-refractivity contribution in [3.63, 3.8) is 0 Å². The lowest BCUT2D eigenvalue weighted by Gasteiger charge is -2.06. The van der Waals surface area contributed by atoms with Gasteiger partial charge in [-0.25, -0.2) is 13.1 Å². The van der Waals surface area contributed by atoms with Crippen molar-refractivity contribution in [2.75, 3.05) is 20.1 Å². The highest BCUT2D eigenvalue weighted by atomic mass is 127. The van der Waals surface area contributed by atoms with E-state index in [1.54, 1.807) is 25.2 Å². The molecule has 0 saturated heterocycles. The molecule has 1 aromatic carbocycles. The first kappa shape index (κ1) is 16.1. The summed E-state index contributed by atoms with van der Waals surface area (Å²) in [5.74, 6) is 0. The van der Waals surface area contributed by atoms with E-state index in [1.165, 1.54) is 0 Å². The highest BCUT2D eigenvalue weighted by Crippen LogP contribution is 2.12. The van der Waals surface area contributed by atoms with E-state index in [9.17, 15) is 8.42 Å². The molecule has 4 nitrogen and oxygen atoms in total. The fourth-order valence-corrected chi connectivity index (χ4v) is 2.86. The minimum absolute atomic E-state index is 0. The van der Waals surface area contributed by atoms with Gasteiger partial charge in [0, 0.05) is 16.7 Å². The van der Waals surface area contributed by atoms with Crippen molar-refractivity contribution in [1.82, 2.24) is 10.0 Å². The number of likely N-dealkylation sites (N-methyl/N-ethyl adjacent to an activating group) is 1. The fourth-order valence-electron chi connectivity index (χ4n) is 1.03. The second kappa shape index (κ2) is 7.44. The van der Waals surface area contributed by atoms with Gasteiger partial charge in [-0.2, -0.15) is 0 Å². The Morgan fingerprint density at radius 1 is 1.31 bits per heavy atom. The lowest BCUT2D eigenvalue weighted by molar-refractivity contribution is 0.579. The summed E-state index contributed by atoms with van der Waals surface area (Å²) in [6.45, 7) is 1.01. The normalized spacial score (nSPS) is 10.9. The number of nitrogens with one attached hydrogen (secondary N) is 2. The van der Waals surface area contributed by atoms with E-state index in [0.29, 0.717) is 18.0 Å². The van der Waals surface area contributed by atoms with Crippen LogP contribution in [0.2, 0.25) is 0 Å². The van der Waals surface area contributed by atoms with Crippen molar-refractivity contribution in [2.24, 2.45) is 0 Å². The van der Waals surface area contributed by atoms with Crippen molar-refractivity contribution < 1.29 is 8.42 Å². The number of sulfonamides is 1. The molecule has 7 heteroatoms. The van der Waals surface area contributed by atoms with E-state index < -0.39 is 10.0 Å². The number of halogens is 2. The maximum Gasteiger partial charge on any atom is 0.240 e. The van der Waals surface area contributed by atoms with Crippen LogP contribution >= 0.6 is 35.0 Å². The highest BCUT2D eigenvalue weighted by Gasteiger charge is 2.12. The summed E-state index contributed by atoms with van der Waals surface area (Å²) in [4.78, 5) is 0.311. The zero-order valence-corrected chi connectivity index (χ0v) is 12.5. The van der Waals surface area contributed by atoms with Crippen LogP contribution in [0.3, 0.4) is 0 Å². The minimum atomic E-state index is -3.35. The zero-order valence-electron chi connectivity index (χ0n) is 8.73. The second-order valence-corrected chi connectivity index (χ2v) is 5.97. The van der Waals surface area contributed by atoms with Crippen molar-refractivity contribution >= 4 is 45.0 Å². The predicted molar refractivity (Wildman–Crippen MR) is 75.5 cm³/mol. The van der Waals surface area contributed by atoms with Gasteiger partial charge >= 0.3 is 0 Å². The van der Waals surface area contributed by atoms with Gasteiger partial charge in [0.1, 0.15) is 0 Å². The van der Waals surface area contributed by atoms with Gasteiger partial charge in [-0.3, -0.25) is 0 Å². The molecule has 0 heterocycles. The molecule has 16 heavy (non-hydrogen) atoms. The largest absolute Gasteiger partial charge is 0.318 e. The molecule has 0 aromatic heterocycles. The van der Waals surface area contributed by atoms with Gasteiger partial charge in [0.2, 0.25) is 10.0 Å². The molecule has 0 unspecified atom stereocenters. The summed E-state index contributed by atoms with van der Waals surface area (Å²) in [6.07, 6.45) is 0. The molecule has 0 aliphatic heterocycles. The average molecular weight is 377 g/mol. The lowest BCUT2D eigenvalue weighted by atomic mass is 10.4. The monoisotopic (exact) mass is 376 g/mol. The Balaban J connectivity index is 0.00000225. The number of benzene rings is 1. The third-order valence-corrected chi connectivity index (χ3v) is 3.90. The van der Waals surface area contributed by atoms with E-state index in [2.05, 4.69) is 32.6 Å². The second-order valence-electron chi connectivity index (χ2n) is 2.96. The standard InChI is InChI=1S/C9H13IN2O2S.ClH/c1-11-5-6-12-15(13,14)9-4-2-3-8(10)7-9;/h2-4,7,11-12H,5-6H2,1H3;1H. The molecule has 92 valence electrons. The highest BCUT2D eigenvalue weighted by molar-refractivity contribution is 14.1. The Labute approximate surface area is 116 Å². The van der Waals surface area contributed by atoms with Crippen LogP contribution in [0.4, 0.5) is 0 Å². The number of rotatable bonds is 5. The van der Waals surface area contributed by atoms with Gasteiger partial charge in [-0.15, -0.1) is 12.4 Å². The first-order valence-electron chi connectivity index (χ1n) is 4.46. The van der Waals surface area contributed by atoms with Gasteiger partial charge in [0.05, 0.1) is 4.90 Å². The first-order valence-corrected chi connectivity index (χ1v) is 7.02. The lowest BCUT2D eigenvalue weighted by Crippen LogP contribution is -2.30. The Morgan fingerprint density at radius 2 is 2.00 bits per heavy atom. The molecule has 2 N–H and O–H groups in total. The van der Waals surface area contributed by atoms with Crippen molar-refractivity contribution in [3.8, 4) is 0 Å². The molecule has 0 spiro atoms. The van der Waals surface area contributed by atoms with E-state index in [-0.39, 0.29) is 12.4 Å². The van der Waals surface area contributed by atoms with E-state index >= 15 is 0 Å². The topological polar surface area (TPSA) is 58.2 Å². The Kier molecular flexibility index (Phi) is 7.49. The van der Waals surface area contributed by atoms with Gasteiger partial charge in [-0.05, 0) is 47.8 Å². The number of hydrogen-bond donors (Lipinski definition) is 2. The Hall–Kier alpha value is 0.110. The molecule has 1 rings (SSSR count). The molecule has 0 aliphatic carbocycles. The maximum absolute atomic E-state index is 11.7. The fraction of sp³-hybridized carbons (Fsp3) is 0.333. The number of hydrogen-bond acceptors (Lipinski definition) is 3. The van der Waals surface area contributed by atoms with Gasteiger partial charge in [0.15, 0.2) is 0 Å². The van der Waals surface area contributed by atoms with E-state index in [0.717, 1.165) is 3.57 Å². The molecule has 0 radical (unpaired) electrons. The molecule has 0 bridgehead atoms. The Bertz CT molecular complexity index is 425. The summed E-state index contributed by atoms with van der Waals surface area (Å²) in [5.41, 5.74) is 0. The van der Waals surface area contributed by atoms with Crippen molar-refractivity contribution in [2.45, 2.75) is 4.90 Å². The zero-order chi connectivity index (χ0) is 11.3. The first-order chi connectivity index (χ1) is 7.06. The van der Waals surface area contributed by atoms with Crippen LogP contribution in [-0.2, 0) is 10.0 Å². The predicted octanol–water partition coefficient (Wildman–Crippen LogP) is 1.21. The maximum atomic E-state index is 11.7. The molecule has 0 aliphatic rings. The van der Waals surface area contributed by atoms with Crippen molar-refractivity contribution in [1.29, 1.82) is 0 Å². The van der Waals surface area contributed by atoms with E-state index in [4.69, 9.17) is 0 Å². The third-order valence-electron chi connectivity index (χ3n) is 1.77. The quantitative estimate of drug-likeness (QED) is 0.600. The summed E-state index contributed by atoms with van der Waals surface area (Å²) in [6, 6.07) is 6.81. The van der Waals surface area contributed by atoms with Crippen LogP contribution in [0.15, 0.2) is 29.2 Å². The molecular weight excluding hydrogens is 363 g/mol. The van der Waals surface area contributed by atoms with E-state index in [1.807, 2.05) is 6.07 Å². The van der Waals surface area contributed by atoms with Gasteiger partial charge in [-0.1, -0.05) is 6.07 Å². The average Bonchev–Trinajstić information content (AvgIpc) is 2.18. The SMILES string of the molecule is CNCCNS(=O)(=O)c1cccc(I)c1.Cl. The van der Waals surface area contributed by atoms with Crippen LogP contribution in [0.5, 0.6) is 0 Å². The Morgan fingerprint density at radius 3 is 2.56 bits per heavy atom. The summed E-state index contributed by atoms with van der Waals surface area (Å²) < 4.78 is 26.9. The summed E-state index contributed by atoms with van der Waals surface area (Å²) in [7, 11) is -1.57. The van der Waals surface area contributed by atoms with Crippen LogP contribution in [0, 0.1) is 3.57 Å². The van der Waals surface area contributed by atoms with Gasteiger partial charge in [0.25, 0.3) is 0 Å². The minimum Gasteiger partial charge on any atom is -0.318 e. The summed E-state index contributed by atoms with van der Waals surface area (Å²) in [5, 5.41) is 2.87. The van der Waals surface area contributed by atoms with Crippen LogP contribution < -0.4 is 10.0 Å². The van der Waals surface area contributed by atoms with Crippen LogP contribution in [0.1, 0.15) is 0 Å². The molecule has 0 fully saturated rings. The van der Waals surface area contributed by atoms with Gasteiger partial charge < -0.3 is 5.32 Å². The molecule has 0 atom stereocenters. The molecule has 0 amide bonds. The third kappa shape index (κ3) is 4.96. The molecule has 0 saturated carbocycles. The smallest absolute Gasteiger partial charge is 0.240 e. The van der Waals surface area contributed by atoms with Crippen LogP contribution in [-0.4, -0.2) is 28.6 Å². The van der Waals surface area contributed by atoms with Crippen molar-refractivity contribution in [3.05, 3.63) is 27.8 Å². The summed E-state index contributed by atoms with van der Waals surface area (Å²) >= 11 is 2.09. The molecule has 1 aromatic rings.